The molecule has 4 nitrogen and oxygen atoms in total. The molecule has 3 rings (SSSR count). The topological polar surface area (TPSA) is 55.4 Å². The highest BCUT2D eigenvalue weighted by Crippen LogP contribution is 2.25. The number of hydrogen-bond donors (Lipinski definition) is 1. The molecule has 0 saturated carbocycles. The zero-order valence-electron chi connectivity index (χ0n) is 14.9. The van der Waals surface area contributed by atoms with Gasteiger partial charge in [-0.2, -0.15) is 0 Å². The van der Waals surface area contributed by atoms with Crippen LogP contribution in [-0.2, 0) is 10.0 Å². The Balaban J connectivity index is 1.78. The van der Waals surface area contributed by atoms with Crippen molar-refractivity contribution in [3.05, 3.63) is 90.5 Å². The molecule has 0 fully saturated rings. The Morgan fingerprint density at radius 3 is 2.07 bits per heavy atom. The second-order valence-corrected chi connectivity index (χ2v) is 8.50. The van der Waals surface area contributed by atoms with Gasteiger partial charge < -0.3 is 4.74 Å². The third-order valence-corrected chi connectivity index (χ3v) is 6.20. The number of sulfonamides is 1. The molecule has 0 heterocycles. The summed E-state index contributed by atoms with van der Waals surface area (Å²) < 4.78 is 33.8. The SMILES string of the molecule is CSc1ccc(OC(CNS(=O)(=O)c2ccccc2)c2ccccc2)cc1. The van der Waals surface area contributed by atoms with Gasteiger partial charge in [0.1, 0.15) is 11.9 Å². The summed E-state index contributed by atoms with van der Waals surface area (Å²) >= 11 is 1.66. The number of hydrogen-bond acceptors (Lipinski definition) is 4. The number of benzene rings is 3. The number of thioether (sulfide) groups is 1. The van der Waals surface area contributed by atoms with Crippen molar-refractivity contribution >= 4 is 21.8 Å². The van der Waals surface area contributed by atoms with Crippen molar-refractivity contribution < 1.29 is 13.2 Å². The van der Waals surface area contributed by atoms with E-state index >= 15 is 0 Å². The van der Waals surface area contributed by atoms with Gasteiger partial charge in [0.2, 0.25) is 10.0 Å². The average molecular weight is 400 g/mol. The van der Waals surface area contributed by atoms with Crippen LogP contribution in [0.1, 0.15) is 11.7 Å². The summed E-state index contributed by atoms with van der Waals surface area (Å²) in [5.74, 6) is 0.695. The summed E-state index contributed by atoms with van der Waals surface area (Å²) in [4.78, 5) is 1.38. The molecule has 3 aromatic carbocycles. The molecule has 1 N–H and O–H groups in total. The van der Waals surface area contributed by atoms with Crippen LogP contribution in [0.2, 0.25) is 0 Å². The largest absolute Gasteiger partial charge is 0.484 e. The van der Waals surface area contributed by atoms with Crippen molar-refractivity contribution in [1.29, 1.82) is 0 Å². The van der Waals surface area contributed by atoms with Crippen LogP contribution < -0.4 is 9.46 Å². The fourth-order valence-corrected chi connectivity index (χ4v) is 4.04. The van der Waals surface area contributed by atoms with Crippen LogP contribution in [0.5, 0.6) is 5.75 Å². The van der Waals surface area contributed by atoms with E-state index in [0.29, 0.717) is 5.75 Å². The van der Waals surface area contributed by atoms with Crippen LogP contribution in [0.15, 0.2) is 94.7 Å². The minimum atomic E-state index is -3.60. The van der Waals surface area contributed by atoms with Gasteiger partial charge in [0, 0.05) is 4.90 Å². The number of ether oxygens (including phenoxy) is 1. The fraction of sp³-hybridized carbons (Fsp3) is 0.143. The number of rotatable bonds is 8. The highest BCUT2D eigenvalue weighted by molar-refractivity contribution is 7.98. The summed E-state index contributed by atoms with van der Waals surface area (Å²) in [7, 11) is -3.60. The lowest BCUT2D eigenvalue weighted by Gasteiger charge is -2.20. The molecule has 6 heteroatoms. The van der Waals surface area contributed by atoms with Crippen molar-refractivity contribution in [1.82, 2.24) is 4.72 Å². The molecule has 3 aromatic rings. The minimum absolute atomic E-state index is 0.130. The van der Waals surface area contributed by atoms with Gasteiger partial charge in [0.25, 0.3) is 0 Å². The van der Waals surface area contributed by atoms with E-state index in [0.717, 1.165) is 10.5 Å². The molecular formula is C21H21NO3S2. The third kappa shape index (κ3) is 5.35. The van der Waals surface area contributed by atoms with Gasteiger partial charge in [-0.15, -0.1) is 11.8 Å². The molecule has 1 atom stereocenters. The van der Waals surface area contributed by atoms with Crippen LogP contribution >= 0.6 is 11.8 Å². The van der Waals surface area contributed by atoms with Crippen LogP contribution in [0, 0.1) is 0 Å². The maximum absolute atomic E-state index is 12.5. The Hall–Kier alpha value is -2.28. The smallest absolute Gasteiger partial charge is 0.240 e. The Morgan fingerprint density at radius 1 is 0.889 bits per heavy atom. The molecule has 0 radical (unpaired) electrons. The molecule has 0 aromatic heterocycles. The molecule has 0 amide bonds. The quantitative estimate of drug-likeness (QED) is 0.567. The molecule has 0 aliphatic rings. The predicted molar refractivity (Wildman–Crippen MR) is 110 cm³/mol. The van der Waals surface area contributed by atoms with Crippen LogP contribution in [-0.4, -0.2) is 21.2 Å². The van der Waals surface area contributed by atoms with E-state index in [1.807, 2.05) is 60.9 Å². The van der Waals surface area contributed by atoms with Crippen molar-refractivity contribution in [2.45, 2.75) is 15.9 Å². The van der Waals surface area contributed by atoms with Gasteiger partial charge in [0.15, 0.2) is 0 Å². The molecule has 0 aliphatic heterocycles. The maximum atomic E-state index is 12.5. The van der Waals surface area contributed by atoms with Gasteiger partial charge in [-0.3, -0.25) is 0 Å². The van der Waals surface area contributed by atoms with Gasteiger partial charge in [-0.25, -0.2) is 13.1 Å². The predicted octanol–water partition coefficient (Wildman–Crippen LogP) is 4.51. The third-order valence-electron chi connectivity index (χ3n) is 4.02. The molecule has 0 spiro atoms. The summed E-state index contributed by atoms with van der Waals surface area (Å²) in [6, 6.07) is 25.7. The number of nitrogens with one attached hydrogen (secondary N) is 1. The Bertz CT molecular complexity index is 944. The first kappa shape index (κ1) is 19.5. The van der Waals surface area contributed by atoms with Crippen LogP contribution in [0.4, 0.5) is 0 Å². The maximum Gasteiger partial charge on any atom is 0.240 e. The van der Waals surface area contributed by atoms with E-state index in [9.17, 15) is 8.42 Å². The molecule has 140 valence electrons. The molecule has 0 bridgehead atoms. The van der Waals surface area contributed by atoms with E-state index in [2.05, 4.69) is 4.72 Å². The van der Waals surface area contributed by atoms with Crippen molar-refractivity contribution in [2.24, 2.45) is 0 Å². The summed E-state index contributed by atoms with van der Waals surface area (Å²) in [5, 5.41) is 0. The van der Waals surface area contributed by atoms with Gasteiger partial charge >= 0.3 is 0 Å². The van der Waals surface area contributed by atoms with Crippen LogP contribution in [0.3, 0.4) is 0 Å². The molecule has 0 aliphatic carbocycles. The summed E-state index contributed by atoms with van der Waals surface area (Å²) in [6.07, 6.45) is 1.57. The van der Waals surface area contributed by atoms with Gasteiger partial charge in [0.05, 0.1) is 11.4 Å². The van der Waals surface area contributed by atoms with Gasteiger partial charge in [-0.1, -0.05) is 48.5 Å². The van der Waals surface area contributed by atoms with E-state index in [1.54, 1.807) is 42.1 Å². The molecule has 1 unspecified atom stereocenters. The molecule has 27 heavy (non-hydrogen) atoms. The molecular weight excluding hydrogens is 378 g/mol. The van der Waals surface area contributed by atoms with E-state index < -0.39 is 16.1 Å². The second kappa shape index (κ2) is 9.08. The zero-order valence-corrected chi connectivity index (χ0v) is 16.5. The van der Waals surface area contributed by atoms with Gasteiger partial charge in [-0.05, 0) is 48.2 Å². The normalized spacial score (nSPS) is 12.5. The summed E-state index contributed by atoms with van der Waals surface area (Å²) in [5.41, 5.74) is 0.905. The van der Waals surface area contributed by atoms with E-state index in [1.165, 1.54) is 0 Å². The van der Waals surface area contributed by atoms with Crippen molar-refractivity contribution in [3.63, 3.8) is 0 Å². The van der Waals surface area contributed by atoms with Crippen molar-refractivity contribution in [2.75, 3.05) is 12.8 Å². The van der Waals surface area contributed by atoms with Crippen molar-refractivity contribution in [3.8, 4) is 5.75 Å². The van der Waals surface area contributed by atoms with E-state index in [-0.39, 0.29) is 11.4 Å². The first-order chi connectivity index (χ1) is 13.1. The second-order valence-electron chi connectivity index (χ2n) is 5.86. The molecule has 0 saturated heterocycles. The average Bonchev–Trinajstić information content (AvgIpc) is 2.73. The highest BCUT2D eigenvalue weighted by atomic mass is 32.2. The zero-order chi connectivity index (χ0) is 19.1. The Morgan fingerprint density at radius 2 is 1.48 bits per heavy atom. The standard InChI is InChI=1S/C21H21NO3S2/c1-26-19-14-12-18(13-15-19)25-21(17-8-4-2-5-9-17)16-22-27(23,24)20-10-6-3-7-11-20/h2-15,21-22H,16H2,1H3. The Labute approximate surface area is 164 Å². The first-order valence-electron chi connectivity index (χ1n) is 8.49. The summed E-state index contributed by atoms with van der Waals surface area (Å²) in [6.45, 7) is 0.130. The Kier molecular flexibility index (Phi) is 6.55. The highest BCUT2D eigenvalue weighted by Gasteiger charge is 2.19. The lowest BCUT2D eigenvalue weighted by atomic mass is 10.1. The minimum Gasteiger partial charge on any atom is -0.484 e. The fourth-order valence-electron chi connectivity index (χ4n) is 2.58. The first-order valence-corrected chi connectivity index (χ1v) is 11.2. The van der Waals surface area contributed by atoms with E-state index in [4.69, 9.17) is 4.74 Å². The lowest BCUT2D eigenvalue weighted by Crippen LogP contribution is -2.30. The monoisotopic (exact) mass is 399 g/mol. The van der Waals surface area contributed by atoms with Crippen LogP contribution in [0.25, 0.3) is 0 Å². The lowest BCUT2D eigenvalue weighted by molar-refractivity contribution is 0.209.